The van der Waals surface area contributed by atoms with Gasteiger partial charge in [-0.25, -0.2) is 4.68 Å². The number of hydrogen-bond acceptors (Lipinski definition) is 4. The maximum absolute atomic E-state index is 6.07. The highest BCUT2D eigenvalue weighted by Crippen LogP contribution is 2.32. The van der Waals surface area contributed by atoms with Gasteiger partial charge >= 0.3 is 0 Å². The maximum Gasteiger partial charge on any atom is 0.182 e. The van der Waals surface area contributed by atoms with Crippen LogP contribution in [0.3, 0.4) is 0 Å². The van der Waals surface area contributed by atoms with E-state index in [4.69, 9.17) is 17.3 Å². The first-order valence-electron chi connectivity index (χ1n) is 6.95. The van der Waals surface area contributed by atoms with E-state index in [-0.39, 0.29) is 0 Å². The number of hydrogen-bond donors (Lipinski definition) is 1. The van der Waals surface area contributed by atoms with Gasteiger partial charge in [0.15, 0.2) is 5.82 Å². The molecule has 0 bridgehead atoms. The molecular formula is C14H18ClN5. The third-order valence-corrected chi connectivity index (χ3v) is 4.35. The molecule has 0 spiro atoms. The molecule has 0 amide bonds. The molecule has 0 saturated heterocycles. The highest BCUT2D eigenvalue weighted by atomic mass is 35.5. The number of rotatable bonds is 3. The smallest absolute Gasteiger partial charge is 0.182 e. The monoisotopic (exact) mass is 291 g/mol. The topological polar surface area (TPSA) is 69.6 Å². The number of nitrogens with two attached hydrogens (primary N) is 1. The van der Waals surface area contributed by atoms with Crippen molar-refractivity contribution >= 4 is 17.3 Å². The van der Waals surface area contributed by atoms with Gasteiger partial charge in [-0.3, -0.25) is 0 Å². The molecule has 0 radical (unpaired) electrons. The molecule has 1 aromatic heterocycles. The third-order valence-electron chi connectivity index (χ3n) is 4.03. The van der Waals surface area contributed by atoms with Crippen LogP contribution in [0.5, 0.6) is 0 Å². The van der Waals surface area contributed by atoms with Crippen LogP contribution in [0, 0.1) is 11.8 Å². The Morgan fingerprint density at radius 2 is 2.25 bits per heavy atom. The minimum absolute atomic E-state index is 0.534. The summed E-state index contributed by atoms with van der Waals surface area (Å²) in [6.07, 6.45) is 3.81. The van der Waals surface area contributed by atoms with Crippen LogP contribution in [0.25, 0.3) is 11.4 Å². The number of aromatic nitrogens is 4. The molecule has 2 N–H and O–H groups in total. The average Bonchev–Trinajstić information content (AvgIpc) is 3.03. The van der Waals surface area contributed by atoms with Crippen molar-refractivity contribution < 1.29 is 0 Å². The lowest BCUT2D eigenvalue weighted by Crippen LogP contribution is -2.11. The van der Waals surface area contributed by atoms with Crippen LogP contribution in [0.15, 0.2) is 18.2 Å². The van der Waals surface area contributed by atoms with Gasteiger partial charge in [-0.1, -0.05) is 24.9 Å². The van der Waals surface area contributed by atoms with E-state index in [0.29, 0.717) is 16.6 Å². The minimum atomic E-state index is 0.534. The zero-order valence-corrected chi connectivity index (χ0v) is 12.2. The summed E-state index contributed by atoms with van der Waals surface area (Å²) in [5.74, 6) is 2.23. The number of tetrazole rings is 1. The molecule has 5 nitrogen and oxygen atoms in total. The molecule has 0 aliphatic heterocycles. The Hall–Kier alpha value is -1.62. The number of nitrogen functional groups attached to an aromatic ring is 1. The summed E-state index contributed by atoms with van der Waals surface area (Å²) in [6, 6.07) is 5.51. The van der Waals surface area contributed by atoms with Gasteiger partial charge in [-0.2, -0.15) is 0 Å². The first-order valence-corrected chi connectivity index (χ1v) is 7.33. The van der Waals surface area contributed by atoms with Gasteiger partial charge in [-0.15, -0.1) is 5.10 Å². The van der Waals surface area contributed by atoms with E-state index >= 15 is 0 Å². The van der Waals surface area contributed by atoms with Crippen molar-refractivity contribution in [3.05, 3.63) is 23.2 Å². The molecule has 6 heteroatoms. The van der Waals surface area contributed by atoms with Crippen molar-refractivity contribution in [3.63, 3.8) is 0 Å². The lowest BCUT2D eigenvalue weighted by atomic mass is 10.1. The molecular weight excluding hydrogens is 274 g/mol. The Bertz CT molecular complexity index is 609. The predicted molar refractivity (Wildman–Crippen MR) is 79.2 cm³/mol. The molecule has 20 heavy (non-hydrogen) atoms. The van der Waals surface area contributed by atoms with Crippen molar-refractivity contribution in [2.75, 3.05) is 5.73 Å². The minimum Gasteiger partial charge on any atom is -0.398 e. The molecule has 1 aliphatic rings. The molecule has 3 rings (SSSR count). The zero-order chi connectivity index (χ0) is 14.1. The van der Waals surface area contributed by atoms with Gasteiger partial charge in [-0.05, 0) is 53.3 Å². The highest BCUT2D eigenvalue weighted by molar-refractivity contribution is 6.33. The first-order chi connectivity index (χ1) is 9.63. The first kappa shape index (κ1) is 13.4. The molecule has 1 heterocycles. The molecule has 2 unspecified atom stereocenters. The second kappa shape index (κ2) is 5.40. The number of nitrogens with zero attached hydrogens (tertiary/aromatic N) is 4. The number of benzene rings is 1. The Labute approximate surface area is 123 Å². The highest BCUT2D eigenvalue weighted by Gasteiger charge is 2.23. The van der Waals surface area contributed by atoms with Crippen molar-refractivity contribution in [3.8, 4) is 11.4 Å². The van der Waals surface area contributed by atoms with Crippen molar-refractivity contribution in [1.82, 2.24) is 20.2 Å². The van der Waals surface area contributed by atoms with Crippen molar-refractivity contribution in [2.45, 2.75) is 32.7 Å². The lowest BCUT2D eigenvalue weighted by molar-refractivity contribution is 0.412. The van der Waals surface area contributed by atoms with Gasteiger partial charge in [0.25, 0.3) is 0 Å². The number of halogens is 1. The van der Waals surface area contributed by atoms with E-state index in [1.54, 1.807) is 6.07 Å². The fraction of sp³-hybridized carbons (Fsp3) is 0.500. The normalized spacial score (nSPS) is 22.3. The van der Waals surface area contributed by atoms with E-state index < -0.39 is 0 Å². The molecule has 2 atom stereocenters. The van der Waals surface area contributed by atoms with E-state index in [1.807, 2.05) is 16.8 Å². The Morgan fingerprint density at radius 1 is 1.40 bits per heavy atom. The number of anilines is 1. The van der Waals surface area contributed by atoms with Gasteiger partial charge in [0.1, 0.15) is 0 Å². The molecule has 1 fully saturated rings. The molecule has 2 aromatic rings. The van der Waals surface area contributed by atoms with Crippen LogP contribution >= 0.6 is 11.6 Å². The largest absolute Gasteiger partial charge is 0.398 e. The molecule has 1 saturated carbocycles. The molecule has 106 valence electrons. The summed E-state index contributed by atoms with van der Waals surface area (Å²) in [5.41, 5.74) is 7.21. The maximum atomic E-state index is 6.07. The standard InChI is InChI=1S/C14H18ClN5/c1-9-2-3-10(6-9)8-20-14(17-18-19-20)11-4-5-13(16)12(15)7-11/h4-5,7,9-10H,2-3,6,8,16H2,1H3. The Morgan fingerprint density at radius 3 is 2.95 bits per heavy atom. The Kier molecular flexibility index (Phi) is 3.61. The van der Waals surface area contributed by atoms with Crippen LogP contribution in [0.4, 0.5) is 5.69 Å². The zero-order valence-electron chi connectivity index (χ0n) is 11.5. The summed E-state index contributed by atoms with van der Waals surface area (Å²) < 4.78 is 1.88. The van der Waals surface area contributed by atoms with Crippen molar-refractivity contribution in [1.29, 1.82) is 0 Å². The van der Waals surface area contributed by atoms with E-state index in [1.165, 1.54) is 19.3 Å². The summed E-state index contributed by atoms with van der Waals surface area (Å²) in [6.45, 7) is 3.18. The van der Waals surface area contributed by atoms with Crippen LogP contribution in [-0.4, -0.2) is 20.2 Å². The van der Waals surface area contributed by atoms with Crippen LogP contribution in [0.2, 0.25) is 5.02 Å². The van der Waals surface area contributed by atoms with Crippen LogP contribution in [-0.2, 0) is 6.54 Å². The summed E-state index contributed by atoms with van der Waals surface area (Å²) in [4.78, 5) is 0. The SMILES string of the molecule is CC1CCC(Cn2nnnc2-c2ccc(N)c(Cl)c2)C1. The van der Waals surface area contributed by atoms with E-state index in [2.05, 4.69) is 22.4 Å². The predicted octanol–water partition coefficient (Wildman–Crippen LogP) is 3.01. The summed E-state index contributed by atoms with van der Waals surface area (Å²) in [5, 5.41) is 12.6. The molecule has 1 aromatic carbocycles. The quantitative estimate of drug-likeness (QED) is 0.883. The second-order valence-corrected chi connectivity index (χ2v) is 6.11. The lowest BCUT2D eigenvalue weighted by Gasteiger charge is -2.11. The second-order valence-electron chi connectivity index (χ2n) is 5.71. The summed E-state index contributed by atoms with van der Waals surface area (Å²) in [7, 11) is 0. The van der Waals surface area contributed by atoms with Gasteiger partial charge in [0.05, 0.1) is 10.7 Å². The third kappa shape index (κ3) is 2.63. The summed E-state index contributed by atoms with van der Waals surface area (Å²) >= 11 is 6.07. The van der Waals surface area contributed by atoms with Crippen molar-refractivity contribution in [2.24, 2.45) is 11.8 Å². The van der Waals surface area contributed by atoms with Gasteiger partial charge < -0.3 is 5.73 Å². The molecule has 1 aliphatic carbocycles. The van der Waals surface area contributed by atoms with Gasteiger partial charge in [0.2, 0.25) is 0 Å². The fourth-order valence-corrected chi connectivity index (χ4v) is 3.12. The van der Waals surface area contributed by atoms with Crippen LogP contribution in [0.1, 0.15) is 26.2 Å². The van der Waals surface area contributed by atoms with Crippen LogP contribution < -0.4 is 5.73 Å². The van der Waals surface area contributed by atoms with Gasteiger partial charge in [0, 0.05) is 12.1 Å². The van der Waals surface area contributed by atoms with E-state index in [0.717, 1.165) is 23.9 Å². The average molecular weight is 292 g/mol. The van der Waals surface area contributed by atoms with E-state index in [9.17, 15) is 0 Å². The Balaban J connectivity index is 1.84. The fourth-order valence-electron chi connectivity index (χ4n) is 2.94.